The van der Waals surface area contributed by atoms with E-state index < -0.39 is 11.8 Å². The number of carbonyl (C=O) groups is 2. The Morgan fingerprint density at radius 2 is 1.96 bits per heavy atom. The third-order valence-electron chi connectivity index (χ3n) is 5.24. The van der Waals surface area contributed by atoms with Gasteiger partial charge in [0.15, 0.2) is 0 Å². The lowest BCUT2D eigenvalue weighted by molar-refractivity contribution is -0.140. The van der Waals surface area contributed by atoms with Gasteiger partial charge in [-0.15, -0.1) is 0 Å². The van der Waals surface area contributed by atoms with Gasteiger partial charge in [-0.3, -0.25) is 4.79 Å². The number of rotatable bonds is 3. The Morgan fingerprint density at radius 3 is 2.50 bits per heavy atom. The normalized spacial score (nSPS) is 23.0. The highest BCUT2D eigenvalue weighted by atomic mass is 19.1. The van der Waals surface area contributed by atoms with Crippen LogP contribution in [0.15, 0.2) is 18.2 Å². The van der Waals surface area contributed by atoms with Gasteiger partial charge < -0.3 is 9.64 Å². The molecule has 5 heteroatoms. The molecule has 0 N–H and O–H groups in total. The molecule has 1 saturated heterocycles. The molecule has 24 heavy (non-hydrogen) atoms. The second-order valence-electron chi connectivity index (χ2n) is 7.50. The lowest BCUT2D eigenvalue weighted by Gasteiger charge is -2.46. The summed E-state index contributed by atoms with van der Waals surface area (Å²) >= 11 is 0. The molecule has 1 aliphatic heterocycles. The van der Waals surface area contributed by atoms with Crippen LogP contribution in [0.4, 0.5) is 4.39 Å². The van der Waals surface area contributed by atoms with Crippen LogP contribution >= 0.6 is 0 Å². The molecule has 0 aromatic heterocycles. The minimum absolute atomic E-state index is 0.0399. The minimum Gasteiger partial charge on any atom is -0.465 e. The maximum absolute atomic E-state index is 14.2. The summed E-state index contributed by atoms with van der Waals surface area (Å²) in [5.74, 6) is -0.536. The summed E-state index contributed by atoms with van der Waals surface area (Å²) in [5, 5.41) is 0. The first-order valence-electron chi connectivity index (χ1n) is 8.52. The lowest BCUT2D eigenvalue weighted by Crippen LogP contribution is -2.53. The molecule has 1 saturated carbocycles. The monoisotopic (exact) mass is 333 g/mol. The third-order valence-corrected chi connectivity index (χ3v) is 5.24. The zero-order chi connectivity index (χ0) is 17.5. The van der Waals surface area contributed by atoms with E-state index in [-0.39, 0.29) is 28.8 Å². The second kappa shape index (κ2) is 6.19. The van der Waals surface area contributed by atoms with Crippen LogP contribution in [0.2, 0.25) is 0 Å². The van der Waals surface area contributed by atoms with Crippen LogP contribution in [0, 0.1) is 11.7 Å². The van der Waals surface area contributed by atoms with E-state index >= 15 is 0 Å². The zero-order valence-corrected chi connectivity index (χ0v) is 14.5. The number of likely N-dealkylation sites (tertiary alicyclic amines) is 1. The lowest BCUT2D eigenvalue weighted by atomic mass is 9.78. The molecule has 4 nitrogen and oxygen atoms in total. The van der Waals surface area contributed by atoms with E-state index in [1.54, 1.807) is 6.07 Å². The Balaban J connectivity index is 1.76. The van der Waals surface area contributed by atoms with Crippen LogP contribution in [0.5, 0.6) is 0 Å². The number of piperidine rings is 1. The zero-order valence-electron chi connectivity index (χ0n) is 14.5. The summed E-state index contributed by atoms with van der Waals surface area (Å²) in [6, 6.07) is 4.73. The van der Waals surface area contributed by atoms with Gasteiger partial charge in [-0.1, -0.05) is 6.07 Å². The third kappa shape index (κ3) is 3.17. The quantitative estimate of drug-likeness (QED) is 0.795. The summed E-state index contributed by atoms with van der Waals surface area (Å²) in [6.45, 7) is 4.87. The smallest absolute Gasteiger partial charge is 0.340 e. The van der Waals surface area contributed by atoms with Gasteiger partial charge >= 0.3 is 5.97 Å². The highest BCUT2D eigenvalue weighted by Gasteiger charge is 2.43. The van der Waals surface area contributed by atoms with Crippen molar-refractivity contribution < 1.29 is 18.7 Å². The van der Waals surface area contributed by atoms with E-state index in [2.05, 4.69) is 18.6 Å². The van der Waals surface area contributed by atoms with Gasteiger partial charge in [0.1, 0.15) is 5.82 Å². The highest BCUT2D eigenvalue weighted by Crippen LogP contribution is 2.41. The molecular weight excluding hydrogens is 309 g/mol. The number of methoxy groups -OCH3 is 1. The van der Waals surface area contributed by atoms with E-state index in [1.165, 1.54) is 19.2 Å². The number of hydrogen-bond acceptors (Lipinski definition) is 3. The van der Waals surface area contributed by atoms with Gasteiger partial charge in [-0.2, -0.15) is 0 Å². The number of benzene rings is 1. The Kier molecular flexibility index (Phi) is 4.37. The molecule has 1 aromatic rings. The molecule has 1 amide bonds. The van der Waals surface area contributed by atoms with Crippen molar-refractivity contribution in [2.24, 2.45) is 5.92 Å². The molecule has 0 bridgehead atoms. The van der Waals surface area contributed by atoms with Crippen molar-refractivity contribution in [3.8, 4) is 0 Å². The van der Waals surface area contributed by atoms with Gasteiger partial charge in [0.2, 0.25) is 5.91 Å². The van der Waals surface area contributed by atoms with E-state index in [4.69, 9.17) is 0 Å². The van der Waals surface area contributed by atoms with E-state index in [1.807, 2.05) is 4.90 Å². The van der Waals surface area contributed by atoms with Crippen LogP contribution in [0.3, 0.4) is 0 Å². The molecular formula is C19H24FNO3. The molecule has 1 aliphatic carbocycles. The average molecular weight is 333 g/mol. The number of ether oxygens (including phenoxy) is 1. The molecule has 0 spiro atoms. The van der Waals surface area contributed by atoms with Crippen molar-refractivity contribution in [2.45, 2.75) is 51.0 Å². The number of carbonyl (C=O) groups excluding carboxylic acids is 2. The first kappa shape index (κ1) is 16.9. The average Bonchev–Trinajstić information content (AvgIpc) is 3.37. The number of nitrogens with zero attached hydrogens (tertiary/aromatic N) is 1. The molecule has 1 heterocycles. The number of esters is 1. The topological polar surface area (TPSA) is 46.6 Å². The molecule has 2 aliphatic rings. The molecule has 1 unspecified atom stereocenters. The van der Waals surface area contributed by atoms with Crippen molar-refractivity contribution >= 4 is 11.9 Å². The molecule has 3 rings (SSSR count). The molecule has 1 aromatic carbocycles. The van der Waals surface area contributed by atoms with Gasteiger partial charge in [0, 0.05) is 18.0 Å². The fraction of sp³-hybridized carbons (Fsp3) is 0.579. The van der Waals surface area contributed by atoms with Crippen molar-refractivity contribution in [3.63, 3.8) is 0 Å². The number of hydrogen-bond donors (Lipinski definition) is 0. The standard InChI is InChI=1S/C19H24FNO3/c1-19(2)11-14(8-9-21(19)17(22)12-4-5-12)13-6-7-15(16(20)10-13)18(23)24-3/h6-7,10,12,14H,4-5,8-9,11H2,1-3H3. The summed E-state index contributed by atoms with van der Waals surface area (Å²) in [6.07, 6.45) is 3.63. The van der Waals surface area contributed by atoms with E-state index in [0.717, 1.165) is 31.2 Å². The Labute approximate surface area is 142 Å². The van der Waals surface area contributed by atoms with Crippen LogP contribution in [0.25, 0.3) is 0 Å². The fourth-order valence-corrected chi connectivity index (χ4v) is 3.71. The summed E-state index contributed by atoms with van der Waals surface area (Å²) in [7, 11) is 1.24. The molecule has 0 radical (unpaired) electrons. The summed E-state index contributed by atoms with van der Waals surface area (Å²) in [4.78, 5) is 25.9. The van der Waals surface area contributed by atoms with Gasteiger partial charge in [0.25, 0.3) is 0 Å². The van der Waals surface area contributed by atoms with Crippen LogP contribution in [-0.4, -0.2) is 36.0 Å². The Bertz CT molecular complexity index is 667. The molecule has 1 atom stereocenters. The van der Waals surface area contributed by atoms with Gasteiger partial charge in [0.05, 0.1) is 12.7 Å². The van der Waals surface area contributed by atoms with E-state index in [9.17, 15) is 14.0 Å². The SMILES string of the molecule is COC(=O)c1ccc(C2CCN(C(=O)C3CC3)C(C)(C)C2)cc1F. The van der Waals surface area contributed by atoms with Crippen molar-refractivity contribution in [3.05, 3.63) is 35.1 Å². The first-order valence-corrected chi connectivity index (χ1v) is 8.52. The first-order chi connectivity index (χ1) is 11.3. The fourth-order valence-electron chi connectivity index (χ4n) is 3.71. The Hall–Kier alpha value is -1.91. The van der Waals surface area contributed by atoms with Gasteiger partial charge in [-0.05, 0) is 63.1 Å². The minimum atomic E-state index is -0.663. The van der Waals surface area contributed by atoms with Crippen molar-refractivity contribution in [2.75, 3.05) is 13.7 Å². The second-order valence-corrected chi connectivity index (χ2v) is 7.50. The molecule has 130 valence electrons. The summed E-state index contributed by atoms with van der Waals surface area (Å²) in [5.41, 5.74) is 0.605. The Morgan fingerprint density at radius 1 is 1.25 bits per heavy atom. The van der Waals surface area contributed by atoms with Gasteiger partial charge in [-0.25, -0.2) is 9.18 Å². The summed E-state index contributed by atoms with van der Waals surface area (Å²) < 4.78 is 18.8. The molecule has 2 fully saturated rings. The van der Waals surface area contributed by atoms with Crippen LogP contribution < -0.4 is 0 Å². The van der Waals surface area contributed by atoms with Crippen molar-refractivity contribution in [1.29, 1.82) is 0 Å². The van der Waals surface area contributed by atoms with Crippen LogP contribution in [-0.2, 0) is 9.53 Å². The van der Waals surface area contributed by atoms with Crippen LogP contribution in [0.1, 0.15) is 61.4 Å². The predicted molar refractivity (Wildman–Crippen MR) is 88.2 cm³/mol. The highest BCUT2D eigenvalue weighted by molar-refractivity contribution is 5.89. The number of amides is 1. The maximum Gasteiger partial charge on any atom is 0.340 e. The van der Waals surface area contributed by atoms with E-state index in [0.29, 0.717) is 6.54 Å². The largest absolute Gasteiger partial charge is 0.465 e. The predicted octanol–water partition coefficient (Wildman–Crippen LogP) is 3.51. The number of halogens is 1. The van der Waals surface area contributed by atoms with Crippen molar-refractivity contribution in [1.82, 2.24) is 4.90 Å². The maximum atomic E-state index is 14.2.